The van der Waals surface area contributed by atoms with Crippen LogP contribution in [0.4, 0.5) is 4.39 Å². The zero-order chi connectivity index (χ0) is 14.7. The van der Waals surface area contributed by atoms with Crippen molar-refractivity contribution in [3.05, 3.63) is 58.4 Å². The van der Waals surface area contributed by atoms with E-state index in [4.69, 9.17) is 11.6 Å². The topological polar surface area (TPSA) is 12.0 Å². The third-order valence-electron chi connectivity index (χ3n) is 3.22. The Bertz CT molecular complexity index is 608. The van der Waals surface area contributed by atoms with Crippen molar-refractivity contribution in [2.45, 2.75) is 33.4 Å². The van der Waals surface area contributed by atoms with Crippen LogP contribution in [0, 0.1) is 12.7 Å². The van der Waals surface area contributed by atoms with E-state index >= 15 is 0 Å². The van der Waals surface area contributed by atoms with Crippen LogP contribution >= 0.6 is 11.6 Å². The van der Waals surface area contributed by atoms with Crippen LogP contribution in [0.1, 0.15) is 25.0 Å². The van der Waals surface area contributed by atoms with Crippen LogP contribution in [-0.4, -0.2) is 6.04 Å². The molecule has 2 rings (SSSR count). The first kappa shape index (κ1) is 15.0. The Morgan fingerprint density at radius 3 is 2.50 bits per heavy atom. The molecule has 0 heterocycles. The average Bonchev–Trinajstić information content (AvgIpc) is 2.40. The van der Waals surface area contributed by atoms with Crippen LogP contribution in [-0.2, 0) is 6.54 Å². The second kappa shape index (κ2) is 6.38. The van der Waals surface area contributed by atoms with Crippen molar-refractivity contribution in [3.63, 3.8) is 0 Å². The molecule has 0 aliphatic heterocycles. The Labute approximate surface area is 124 Å². The Hall–Kier alpha value is -1.38. The van der Waals surface area contributed by atoms with E-state index in [1.54, 1.807) is 13.0 Å². The molecule has 20 heavy (non-hydrogen) atoms. The lowest BCUT2D eigenvalue weighted by atomic mass is 10.0. The van der Waals surface area contributed by atoms with Crippen molar-refractivity contribution in [3.8, 4) is 11.1 Å². The fourth-order valence-electron chi connectivity index (χ4n) is 2.04. The van der Waals surface area contributed by atoms with E-state index < -0.39 is 0 Å². The van der Waals surface area contributed by atoms with E-state index in [1.165, 1.54) is 6.07 Å². The van der Waals surface area contributed by atoms with Gasteiger partial charge in [-0.05, 0) is 41.8 Å². The lowest BCUT2D eigenvalue weighted by molar-refractivity contribution is 0.589. The van der Waals surface area contributed by atoms with Crippen molar-refractivity contribution in [1.29, 1.82) is 0 Å². The standard InChI is InChI=1S/C17H19ClFN/c1-11(2)20-10-13-4-6-15(16(18)9-13)14-5-7-17(19)12(3)8-14/h4-9,11,20H,10H2,1-3H3. The normalized spacial score (nSPS) is 11.1. The molecule has 0 radical (unpaired) electrons. The van der Waals surface area contributed by atoms with Gasteiger partial charge in [0.2, 0.25) is 0 Å². The Morgan fingerprint density at radius 1 is 1.15 bits per heavy atom. The molecule has 106 valence electrons. The lowest BCUT2D eigenvalue weighted by Gasteiger charge is -2.11. The van der Waals surface area contributed by atoms with Crippen molar-refractivity contribution in [2.75, 3.05) is 0 Å². The highest BCUT2D eigenvalue weighted by molar-refractivity contribution is 6.33. The number of rotatable bonds is 4. The Kier molecular flexibility index (Phi) is 4.79. The maximum atomic E-state index is 13.3. The highest BCUT2D eigenvalue weighted by Gasteiger charge is 2.07. The van der Waals surface area contributed by atoms with Gasteiger partial charge in [0.1, 0.15) is 5.82 Å². The van der Waals surface area contributed by atoms with Crippen LogP contribution in [0.2, 0.25) is 5.02 Å². The van der Waals surface area contributed by atoms with Gasteiger partial charge in [0, 0.05) is 23.2 Å². The zero-order valence-corrected chi connectivity index (χ0v) is 12.8. The molecule has 0 bridgehead atoms. The zero-order valence-electron chi connectivity index (χ0n) is 12.0. The van der Waals surface area contributed by atoms with Gasteiger partial charge >= 0.3 is 0 Å². The summed E-state index contributed by atoms with van der Waals surface area (Å²) in [5, 5.41) is 4.05. The SMILES string of the molecule is Cc1cc(-c2ccc(CNC(C)C)cc2Cl)ccc1F. The Morgan fingerprint density at radius 2 is 1.90 bits per heavy atom. The van der Waals surface area contributed by atoms with Crippen molar-refractivity contribution >= 4 is 11.6 Å². The largest absolute Gasteiger partial charge is 0.310 e. The first-order valence-corrected chi connectivity index (χ1v) is 7.13. The summed E-state index contributed by atoms with van der Waals surface area (Å²) in [4.78, 5) is 0. The van der Waals surface area contributed by atoms with Gasteiger partial charge in [-0.3, -0.25) is 0 Å². The molecule has 2 aromatic carbocycles. The van der Waals surface area contributed by atoms with Crippen molar-refractivity contribution < 1.29 is 4.39 Å². The molecule has 0 atom stereocenters. The monoisotopic (exact) mass is 291 g/mol. The highest BCUT2D eigenvalue weighted by Crippen LogP contribution is 2.29. The van der Waals surface area contributed by atoms with Crippen LogP contribution in [0.3, 0.4) is 0 Å². The lowest BCUT2D eigenvalue weighted by Crippen LogP contribution is -2.21. The molecule has 0 unspecified atom stereocenters. The molecular formula is C17H19ClFN. The number of hydrogen-bond acceptors (Lipinski definition) is 1. The van der Waals surface area contributed by atoms with E-state index in [1.807, 2.05) is 18.2 Å². The van der Waals surface area contributed by atoms with E-state index in [0.717, 1.165) is 23.2 Å². The molecule has 3 heteroatoms. The molecule has 0 aliphatic carbocycles. The number of halogens is 2. The van der Waals surface area contributed by atoms with Gasteiger partial charge in [0.25, 0.3) is 0 Å². The average molecular weight is 292 g/mol. The summed E-state index contributed by atoms with van der Waals surface area (Å²) in [6.07, 6.45) is 0. The molecule has 1 nitrogen and oxygen atoms in total. The van der Waals surface area contributed by atoms with Gasteiger partial charge in [0.15, 0.2) is 0 Å². The summed E-state index contributed by atoms with van der Waals surface area (Å²) >= 11 is 6.35. The number of hydrogen-bond donors (Lipinski definition) is 1. The molecule has 0 saturated carbocycles. The van der Waals surface area contributed by atoms with Gasteiger partial charge in [-0.2, -0.15) is 0 Å². The van der Waals surface area contributed by atoms with Gasteiger partial charge in [-0.25, -0.2) is 4.39 Å². The maximum absolute atomic E-state index is 13.3. The van der Waals surface area contributed by atoms with Gasteiger partial charge in [-0.15, -0.1) is 0 Å². The predicted molar refractivity (Wildman–Crippen MR) is 83.6 cm³/mol. The van der Waals surface area contributed by atoms with Crippen LogP contribution in [0.5, 0.6) is 0 Å². The molecule has 0 fully saturated rings. The molecule has 1 N–H and O–H groups in total. The van der Waals surface area contributed by atoms with E-state index in [9.17, 15) is 4.39 Å². The van der Waals surface area contributed by atoms with Crippen molar-refractivity contribution in [1.82, 2.24) is 5.32 Å². The first-order valence-electron chi connectivity index (χ1n) is 6.75. The second-order valence-corrected chi connectivity index (χ2v) is 5.72. The number of nitrogens with one attached hydrogen (secondary N) is 1. The highest BCUT2D eigenvalue weighted by atomic mass is 35.5. The summed E-state index contributed by atoms with van der Waals surface area (Å²) in [5.41, 5.74) is 3.65. The fraction of sp³-hybridized carbons (Fsp3) is 0.294. The molecule has 2 aromatic rings. The fourth-order valence-corrected chi connectivity index (χ4v) is 2.35. The first-order chi connectivity index (χ1) is 9.47. The summed E-state index contributed by atoms with van der Waals surface area (Å²) in [6, 6.07) is 11.5. The third kappa shape index (κ3) is 3.59. The van der Waals surface area contributed by atoms with E-state index in [2.05, 4.69) is 25.2 Å². The second-order valence-electron chi connectivity index (χ2n) is 5.31. The minimum Gasteiger partial charge on any atom is -0.310 e. The summed E-state index contributed by atoms with van der Waals surface area (Å²) < 4.78 is 13.3. The van der Waals surface area contributed by atoms with Gasteiger partial charge in [-0.1, -0.05) is 43.6 Å². The predicted octanol–water partition coefficient (Wildman–Crippen LogP) is 4.95. The van der Waals surface area contributed by atoms with Crippen LogP contribution < -0.4 is 5.32 Å². The van der Waals surface area contributed by atoms with Gasteiger partial charge in [0.05, 0.1) is 0 Å². The molecule has 0 aromatic heterocycles. The summed E-state index contributed by atoms with van der Waals surface area (Å²) in [5.74, 6) is -0.192. The minimum absolute atomic E-state index is 0.192. The van der Waals surface area contributed by atoms with Crippen LogP contribution in [0.15, 0.2) is 36.4 Å². The smallest absolute Gasteiger partial charge is 0.126 e. The number of aryl methyl sites for hydroxylation is 1. The molecular weight excluding hydrogens is 273 g/mol. The van der Waals surface area contributed by atoms with E-state index in [0.29, 0.717) is 16.6 Å². The quantitative estimate of drug-likeness (QED) is 0.840. The molecule has 0 amide bonds. The van der Waals surface area contributed by atoms with Crippen molar-refractivity contribution in [2.24, 2.45) is 0 Å². The summed E-state index contributed by atoms with van der Waals surface area (Å²) in [6.45, 7) is 6.77. The van der Waals surface area contributed by atoms with E-state index in [-0.39, 0.29) is 5.82 Å². The number of benzene rings is 2. The van der Waals surface area contributed by atoms with Crippen LogP contribution in [0.25, 0.3) is 11.1 Å². The molecule has 0 spiro atoms. The Balaban J connectivity index is 2.27. The third-order valence-corrected chi connectivity index (χ3v) is 3.53. The maximum Gasteiger partial charge on any atom is 0.126 e. The molecule has 0 aliphatic rings. The molecule has 0 saturated heterocycles. The summed E-state index contributed by atoms with van der Waals surface area (Å²) in [7, 11) is 0. The van der Waals surface area contributed by atoms with Gasteiger partial charge < -0.3 is 5.32 Å². The minimum atomic E-state index is -0.192.